The molecule has 1 aliphatic heterocycles. The second-order valence-electron chi connectivity index (χ2n) is 12.2. The van der Waals surface area contributed by atoms with Crippen LogP contribution in [0.3, 0.4) is 0 Å². The third-order valence-electron chi connectivity index (χ3n) is 9.04. The number of aliphatic hydroxyl groups excluding tert-OH is 1. The zero-order valence-corrected chi connectivity index (χ0v) is 27.6. The Morgan fingerprint density at radius 3 is 2.51 bits per heavy atom. The number of benzene rings is 3. The Balaban J connectivity index is 1.44. The zero-order chi connectivity index (χ0) is 32.1. The lowest BCUT2D eigenvalue weighted by molar-refractivity contribution is -0.0233. The Kier molecular flexibility index (Phi) is 9.91. The van der Waals surface area contributed by atoms with Crippen molar-refractivity contribution in [3.63, 3.8) is 0 Å². The summed E-state index contributed by atoms with van der Waals surface area (Å²) >= 11 is 0. The first-order valence-corrected chi connectivity index (χ1v) is 18.4. The number of nitrogens with two attached hydrogens (primary N) is 1. The summed E-state index contributed by atoms with van der Waals surface area (Å²) in [4.78, 5) is 12.9. The lowest BCUT2D eigenvalue weighted by atomic mass is 9.86. The number of ether oxygens (including phenoxy) is 3. The van der Waals surface area contributed by atoms with Crippen LogP contribution in [0.2, 0.25) is 18.6 Å². The molecule has 0 radical (unpaired) electrons. The van der Waals surface area contributed by atoms with Gasteiger partial charge in [0.2, 0.25) is 0 Å². The maximum absolute atomic E-state index is 12.9. The van der Waals surface area contributed by atoms with E-state index in [1.165, 1.54) is 5.19 Å². The van der Waals surface area contributed by atoms with Crippen LogP contribution >= 0.6 is 0 Å². The molecule has 1 amide bonds. The number of carbonyl (C=O) groups is 1. The summed E-state index contributed by atoms with van der Waals surface area (Å²) in [5.41, 5.74) is 9.45. The average Bonchev–Trinajstić information content (AvgIpc) is 3.49. The molecular weight excluding hydrogens is 586 g/mol. The van der Waals surface area contributed by atoms with E-state index in [1.54, 1.807) is 38.5 Å². The van der Waals surface area contributed by atoms with Gasteiger partial charge < -0.3 is 30.4 Å². The van der Waals surface area contributed by atoms with Crippen molar-refractivity contribution in [3.8, 4) is 11.5 Å². The van der Waals surface area contributed by atoms with Crippen LogP contribution in [0.25, 0.3) is 0 Å². The first-order valence-electron chi connectivity index (χ1n) is 15.3. The largest absolute Gasteiger partial charge is 0.497 e. The van der Waals surface area contributed by atoms with Gasteiger partial charge in [0.1, 0.15) is 17.6 Å². The normalized spacial score (nSPS) is 18.5. The van der Waals surface area contributed by atoms with Gasteiger partial charge in [0.15, 0.2) is 0 Å². The molecule has 1 unspecified atom stereocenters. The summed E-state index contributed by atoms with van der Waals surface area (Å²) in [7, 11) is 1.23. The number of carbonyl (C=O) groups excluding carboxylic acids is 1. The number of nitrogen functional groups attached to an aromatic ring is 1. The molecule has 45 heavy (non-hydrogen) atoms. The minimum atomic E-state index is -2.18. The molecule has 1 aromatic heterocycles. The van der Waals surface area contributed by atoms with Crippen molar-refractivity contribution in [1.82, 2.24) is 15.0 Å². The number of aliphatic hydroxyl groups is 1. The zero-order valence-electron chi connectivity index (χ0n) is 26.6. The summed E-state index contributed by atoms with van der Waals surface area (Å²) < 4.78 is 20.4. The highest BCUT2D eigenvalue weighted by Crippen LogP contribution is 2.47. The van der Waals surface area contributed by atoms with Gasteiger partial charge in [-0.3, -0.25) is 9.48 Å². The summed E-state index contributed by atoms with van der Waals surface area (Å²) in [6.07, 6.45) is 2.84. The smallest absolute Gasteiger partial charge is 0.255 e. The highest BCUT2D eigenvalue weighted by atomic mass is 28.3. The number of hydrogen-bond acceptors (Lipinski definition) is 8. The molecule has 2 heterocycles. The number of nitrogens with one attached hydrogen (secondary N) is 1. The first kappa shape index (κ1) is 32.2. The Morgan fingerprint density at radius 2 is 1.84 bits per heavy atom. The van der Waals surface area contributed by atoms with Crippen molar-refractivity contribution in [1.29, 1.82) is 0 Å². The van der Waals surface area contributed by atoms with Gasteiger partial charge in [0.25, 0.3) is 5.91 Å². The van der Waals surface area contributed by atoms with E-state index in [0.717, 1.165) is 29.2 Å². The molecule has 0 bridgehead atoms. The Labute approximate surface area is 265 Å². The molecule has 10 nitrogen and oxygen atoms in total. The number of rotatable bonds is 12. The second kappa shape index (κ2) is 13.8. The van der Waals surface area contributed by atoms with Gasteiger partial charge in [-0.15, -0.1) is 5.10 Å². The second-order valence-corrected chi connectivity index (χ2v) is 17.0. The van der Waals surface area contributed by atoms with Crippen molar-refractivity contribution in [2.24, 2.45) is 5.92 Å². The van der Waals surface area contributed by atoms with Crippen molar-refractivity contribution in [2.45, 2.75) is 57.2 Å². The molecule has 3 aromatic carbocycles. The number of nitrogens with zero attached hydrogens (tertiary/aromatic N) is 3. The van der Waals surface area contributed by atoms with Gasteiger partial charge in [-0.1, -0.05) is 42.6 Å². The van der Waals surface area contributed by atoms with E-state index in [0.29, 0.717) is 29.9 Å². The topological polar surface area (TPSA) is 134 Å². The standard InChI is InChI=1S/C34H43N5O5Si/c1-22-32(43-3)29-20-25(36-34(41)23-6-8-24(35)9-7-23)10-15-30(29)44-33(22)31(16-18-39-21-26(17-19-40)37-38-39)45(4,5)28-13-11-27(42-2)12-14-28/h6-15,20-22,31-33,40H,16-19,35H2,1-5H3,(H,36,41)/t22-,31?,32-,33-/m1/s1. The maximum atomic E-state index is 12.9. The third kappa shape index (κ3) is 7.05. The monoisotopic (exact) mass is 629 g/mol. The number of hydrogen-bond donors (Lipinski definition) is 3. The van der Waals surface area contributed by atoms with E-state index in [9.17, 15) is 9.90 Å². The maximum Gasteiger partial charge on any atom is 0.255 e. The lowest BCUT2D eigenvalue weighted by Gasteiger charge is -2.46. The van der Waals surface area contributed by atoms with E-state index in [2.05, 4.69) is 47.8 Å². The van der Waals surface area contributed by atoms with Crippen LogP contribution in [0.5, 0.6) is 11.5 Å². The SMILES string of the molecule is COc1ccc([Si](C)(C)C(CCn2cc(CCO)nn2)[C@@H]2Oc3ccc(NC(=O)c4ccc(N)cc4)cc3[C@H](OC)[C@H]2C)cc1. The predicted molar refractivity (Wildman–Crippen MR) is 178 cm³/mol. The minimum absolute atomic E-state index is 0.0151. The van der Waals surface area contributed by atoms with Gasteiger partial charge in [-0.25, -0.2) is 0 Å². The lowest BCUT2D eigenvalue weighted by Crippen LogP contribution is -2.54. The molecule has 4 aromatic rings. The van der Waals surface area contributed by atoms with E-state index in [4.69, 9.17) is 19.9 Å². The van der Waals surface area contributed by atoms with Gasteiger partial charge in [0, 0.05) is 61.3 Å². The van der Waals surface area contributed by atoms with Crippen LogP contribution in [-0.4, -0.2) is 61.0 Å². The number of anilines is 2. The highest BCUT2D eigenvalue weighted by molar-refractivity contribution is 6.91. The number of amides is 1. The Hall–Kier alpha value is -4.19. The number of methoxy groups -OCH3 is 2. The molecule has 0 aliphatic carbocycles. The molecule has 0 fully saturated rings. The number of aromatic nitrogens is 3. The van der Waals surface area contributed by atoms with E-state index in [1.807, 2.05) is 41.2 Å². The minimum Gasteiger partial charge on any atom is -0.497 e. The Bertz CT molecular complexity index is 1590. The molecule has 0 saturated heterocycles. The molecule has 0 spiro atoms. The van der Waals surface area contributed by atoms with Crippen molar-refractivity contribution >= 4 is 30.5 Å². The van der Waals surface area contributed by atoms with Gasteiger partial charge in [-0.2, -0.15) is 0 Å². The van der Waals surface area contributed by atoms with Gasteiger partial charge >= 0.3 is 0 Å². The number of aryl methyl sites for hydroxylation is 1. The predicted octanol–water partition coefficient (Wildman–Crippen LogP) is 4.82. The fraction of sp³-hybridized carbons (Fsp3) is 0.382. The molecule has 5 rings (SSSR count). The highest BCUT2D eigenvalue weighted by Gasteiger charge is 2.47. The van der Waals surface area contributed by atoms with E-state index >= 15 is 0 Å². The average molecular weight is 630 g/mol. The summed E-state index contributed by atoms with van der Waals surface area (Å²) in [5.74, 6) is 1.38. The molecule has 238 valence electrons. The molecule has 4 N–H and O–H groups in total. The van der Waals surface area contributed by atoms with E-state index in [-0.39, 0.29) is 36.2 Å². The van der Waals surface area contributed by atoms with Crippen molar-refractivity contribution < 1.29 is 24.1 Å². The van der Waals surface area contributed by atoms with Crippen molar-refractivity contribution in [2.75, 3.05) is 31.9 Å². The van der Waals surface area contributed by atoms with Crippen LogP contribution in [-0.2, 0) is 17.7 Å². The van der Waals surface area contributed by atoms with Crippen LogP contribution in [0, 0.1) is 5.92 Å². The van der Waals surface area contributed by atoms with Gasteiger partial charge in [0.05, 0.1) is 27.0 Å². The van der Waals surface area contributed by atoms with Crippen LogP contribution in [0.15, 0.2) is 72.9 Å². The van der Waals surface area contributed by atoms with Crippen LogP contribution in [0.1, 0.15) is 41.1 Å². The fourth-order valence-corrected chi connectivity index (χ4v) is 9.91. The van der Waals surface area contributed by atoms with E-state index < -0.39 is 8.07 Å². The third-order valence-corrected chi connectivity index (χ3v) is 13.3. The molecular formula is C34H43N5O5Si. The molecule has 1 aliphatic rings. The molecule has 11 heteroatoms. The summed E-state index contributed by atoms with van der Waals surface area (Å²) in [5, 5.41) is 22.2. The van der Waals surface area contributed by atoms with Crippen LogP contribution < -0.4 is 25.7 Å². The quantitative estimate of drug-likeness (QED) is 0.150. The fourth-order valence-electron chi connectivity index (χ4n) is 6.41. The van der Waals surface area contributed by atoms with Crippen molar-refractivity contribution in [3.05, 3.63) is 89.7 Å². The van der Waals surface area contributed by atoms with Gasteiger partial charge in [-0.05, 0) is 66.6 Å². The Morgan fingerprint density at radius 1 is 1.11 bits per heavy atom. The summed E-state index contributed by atoms with van der Waals surface area (Å²) in [6, 6.07) is 21.0. The van der Waals surface area contributed by atoms with Crippen LogP contribution in [0.4, 0.5) is 11.4 Å². The summed E-state index contributed by atoms with van der Waals surface area (Å²) in [6.45, 7) is 7.67. The molecule has 4 atom stereocenters. The number of fused-ring (bicyclic) bond motifs is 1. The molecule has 0 saturated carbocycles. The first-order chi connectivity index (χ1) is 21.6.